The second kappa shape index (κ2) is 9.41. The van der Waals surface area contributed by atoms with Gasteiger partial charge in [0.05, 0.1) is 18.5 Å². The van der Waals surface area contributed by atoms with E-state index < -0.39 is 23.0 Å². The van der Waals surface area contributed by atoms with Crippen LogP contribution in [0.25, 0.3) is 11.0 Å². The summed E-state index contributed by atoms with van der Waals surface area (Å²) in [7, 11) is 0. The summed E-state index contributed by atoms with van der Waals surface area (Å²) in [6, 6.07) is 14.5. The average Bonchev–Trinajstić information content (AvgIpc) is 3.27. The van der Waals surface area contributed by atoms with Crippen LogP contribution in [0.15, 0.2) is 78.1 Å². The monoisotopic (exact) mass is 476 g/mol. The number of halogens is 3. The zero-order valence-electron chi connectivity index (χ0n) is 18.3. The van der Waals surface area contributed by atoms with Crippen molar-refractivity contribution in [2.45, 2.75) is 19.6 Å². The molecule has 1 N–H and O–H groups in total. The van der Waals surface area contributed by atoms with Crippen LogP contribution in [0.1, 0.15) is 16.7 Å². The van der Waals surface area contributed by atoms with E-state index in [9.17, 15) is 18.0 Å². The fraction of sp³-hybridized carbons (Fsp3) is 0.120. The number of fused-ring (bicyclic) bond motifs is 1. The van der Waals surface area contributed by atoms with Crippen LogP contribution in [0, 0.1) is 17.5 Å². The van der Waals surface area contributed by atoms with E-state index in [0.29, 0.717) is 29.9 Å². The van der Waals surface area contributed by atoms with Gasteiger partial charge in [-0.1, -0.05) is 30.3 Å². The van der Waals surface area contributed by atoms with Crippen molar-refractivity contribution in [3.63, 3.8) is 0 Å². The number of hydrogen-bond acceptors (Lipinski definition) is 5. The minimum absolute atomic E-state index is 0.0618. The molecule has 0 amide bonds. The first-order valence-corrected chi connectivity index (χ1v) is 10.8. The number of anilines is 1. The summed E-state index contributed by atoms with van der Waals surface area (Å²) in [5.74, 6) is -2.88. The molecular formula is C25H19F3N6O. The molecule has 3 heterocycles. The molecule has 0 aliphatic rings. The molecule has 0 saturated carbocycles. The lowest BCUT2D eigenvalue weighted by Crippen LogP contribution is -2.18. The van der Waals surface area contributed by atoms with Crippen LogP contribution in [0.2, 0.25) is 0 Å². The Morgan fingerprint density at radius 1 is 0.857 bits per heavy atom. The SMILES string of the molecule is O=c1ccccn1Cc1ccc(Cn2cc3c(NCc4c(F)ccc(F)c4F)ncnc3n2)cc1. The summed E-state index contributed by atoms with van der Waals surface area (Å²) in [6.07, 6.45) is 4.77. The van der Waals surface area contributed by atoms with Crippen molar-refractivity contribution in [2.24, 2.45) is 0 Å². The Balaban J connectivity index is 1.32. The molecule has 0 unspecified atom stereocenters. The Hall–Kier alpha value is -4.47. The van der Waals surface area contributed by atoms with E-state index in [0.717, 1.165) is 23.3 Å². The second-order valence-electron chi connectivity index (χ2n) is 7.94. The van der Waals surface area contributed by atoms with Gasteiger partial charge in [-0.05, 0) is 29.3 Å². The molecule has 35 heavy (non-hydrogen) atoms. The molecule has 0 radical (unpaired) electrons. The fourth-order valence-electron chi connectivity index (χ4n) is 3.73. The van der Waals surface area contributed by atoms with E-state index in [-0.39, 0.29) is 12.1 Å². The first-order chi connectivity index (χ1) is 17.0. The number of benzene rings is 2. The smallest absolute Gasteiger partial charge is 0.250 e. The highest BCUT2D eigenvalue weighted by Gasteiger charge is 2.15. The van der Waals surface area contributed by atoms with E-state index in [1.165, 1.54) is 12.4 Å². The molecule has 2 aromatic carbocycles. The Morgan fingerprint density at radius 3 is 2.37 bits per heavy atom. The molecule has 7 nitrogen and oxygen atoms in total. The first-order valence-electron chi connectivity index (χ1n) is 10.8. The van der Waals surface area contributed by atoms with Gasteiger partial charge < -0.3 is 9.88 Å². The van der Waals surface area contributed by atoms with Crippen LogP contribution in [0.3, 0.4) is 0 Å². The molecule has 0 bridgehead atoms. The van der Waals surface area contributed by atoms with E-state index in [4.69, 9.17) is 0 Å². The third-order valence-corrected chi connectivity index (χ3v) is 5.56. The normalized spacial score (nSPS) is 11.2. The second-order valence-corrected chi connectivity index (χ2v) is 7.94. The van der Waals surface area contributed by atoms with Gasteiger partial charge in [-0.3, -0.25) is 9.48 Å². The molecule has 5 rings (SSSR count). The molecule has 0 spiro atoms. The minimum atomic E-state index is -1.24. The lowest BCUT2D eigenvalue weighted by Gasteiger charge is -2.08. The van der Waals surface area contributed by atoms with Gasteiger partial charge >= 0.3 is 0 Å². The molecular weight excluding hydrogens is 457 g/mol. The highest BCUT2D eigenvalue weighted by atomic mass is 19.2. The van der Waals surface area contributed by atoms with Crippen LogP contribution in [0.4, 0.5) is 19.0 Å². The van der Waals surface area contributed by atoms with Gasteiger partial charge in [-0.2, -0.15) is 5.10 Å². The largest absolute Gasteiger partial charge is 0.365 e. The third-order valence-electron chi connectivity index (χ3n) is 5.56. The molecule has 0 aliphatic heterocycles. The van der Waals surface area contributed by atoms with Gasteiger partial charge in [0.1, 0.15) is 18.0 Å². The van der Waals surface area contributed by atoms with Crippen LogP contribution < -0.4 is 10.9 Å². The number of nitrogens with zero attached hydrogens (tertiary/aromatic N) is 5. The summed E-state index contributed by atoms with van der Waals surface area (Å²) in [5.41, 5.74) is 1.90. The van der Waals surface area contributed by atoms with Gasteiger partial charge in [-0.25, -0.2) is 23.1 Å². The minimum Gasteiger partial charge on any atom is -0.365 e. The Kier molecular flexibility index (Phi) is 6.01. The van der Waals surface area contributed by atoms with Crippen molar-refractivity contribution >= 4 is 16.9 Å². The average molecular weight is 476 g/mol. The standard InChI is InChI=1S/C25H19F3N6O/c26-20-8-9-21(27)23(28)18(20)11-29-24-19-14-34(32-25(19)31-15-30-24)13-17-6-4-16(5-7-17)12-33-10-2-1-3-22(33)35/h1-10,14-15H,11-13H2,(H,29,30,31,32). The maximum absolute atomic E-state index is 14.0. The predicted octanol–water partition coefficient (Wildman–Crippen LogP) is 4.11. The Labute approximate surface area is 197 Å². The molecule has 0 fully saturated rings. The summed E-state index contributed by atoms with van der Waals surface area (Å²) in [5, 5.41) is 7.85. The van der Waals surface area contributed by atoms with Gasteiger partial charge in [0.25, 0.3) is 5.56 Å². The van der Waals surface area contributed by atoms with Gasteiger partial charge in [0.15, 0.2) is 17.3 Å². The number of hydrogen-bond donors (Lipinski definition) is 1. The number of aromatic nitrogens is 5. The van der Waals surface area contributed by atoms with Crippen molar-refractivity contribution in [2.75, 3.05) is 5.32 Å². The van der Waals surface area contributed by atoms with E-state index in [1.807, 2.05) is 30.3 Å². The van der Waals surface area contributed by atoms with E-state index in [1.54, 1.807) is 27.7 Å². The fourth-order valence-corrected chi connectivity index (χ4v) is 3.73. The van der Waals surface area contributed by atoms with E-state index in [2.05, 4.69) is 20.4 Å². The van der Waals surface area contributed by atoms with Crippen LogP contribution in [-0.2, 0) is 19.6 Å². The maximum atomic E-state index is 14.0. The van der Waals surface area contributed by atoms with Crippen LogP contribution in [-0.4, -0.2) is 24.3 Å². The zero-order chi connectivity index (χ0) is 24.4. The third kappa shape index (κ3) is 4.77. The van der Waals surface area contributed by atoms with Crippen LogP contribution in [0.5, 0.6) is 0 Å². The topological polar surface area (TPSA) is 77.6 Å². The molecule has 0 atom stereocenters. The highest BCUT2D eigenvalue weighted by molar-refractivity contribution is 5.85. The number of nitrogens with one attached hydrogen (secondary N) is 1. The van der Waals surface area contributed by atoms with Gasteiger partial charge in [0.2, 0.25) is 0 Å². The van der Waals surface area contributed by atoms with Crippen LogP contribution >= 0.6 is 0 Å². The number of pyridine rings is 1. The predicted molar refractivity (Wildman–Crippen MR) is 124 cm³/mol. The van der Waals surface area contributed by atoms with Crippen molar-refractivity contribution in [1.29, 1.82) is 0 Å². The van der Waals surface area contributed by atoms with Crippen molar-refractivity contribution < 1.29 is 13.2 Å². The van der Waals surface area contributed by atoms with Crippen molar-refractivity contribution in [1.82, 2.24) is 24.3 Å². The molecule has 10 heteroatoms. The lowest BCUT2D eigenvalue weighted by atomic mass is 10.1. The van der Waals surface area contributed by atoms with Crippen molar-refractivity contribution in [3.05, 3.63) is 118 Å². The highest BCUT2D eigenvalue weighted by Crippen LogP contribution is 2.22. The van der Waals surface area contributed by atoms with Gasteiger partial charge in [-0.15, -0.1) is 0 Å². The molecule has 0 saturated heterocycles. The molecule has 0 aliphatic carbocycles. The van der Waals surface area contributed by atoms with Crippen molar-refractivity contribution in [3.8, 4) is 0 Å². The maximum Gasteiger partial charge on any atom is 0.250 e. The Bertz CT molecular complexity index is 1560. The van der Waals surface area contributed by atoms with Gasteiger partial charge in [0, 0.05) is 30.6 Å². The summed E-state index contributed by atoms with van der Waals surface area (Å²) >= 11 is 0. The molecule has 5 aromatic rings. The lowest BCUT2D eigenvalue weighted by molar-refractivity contribution is 0.481. The summed E-state index contributed by atoms with van der Waals surface area (Å²) in [6.45, 7) is 0.635. The quantitative estimate of drug-likeness (QED) is 0.358. The zero-order valence-corrected chi connectivity index (χ0v) is 18.3. The molecule has 3 aromatic heterocycles. The van der Waals surface area contributed by atoms with E-state index >= 15 is 0 Å². The molecule has 176 valence electrons. The summed E-state index contributed by atoms with van der Waals surface area (Å²) < 4.78 is 44.7. The number of rotatable bonds is 7. The Morgan fingerprint density at radius 2 is 1.60 bits per heavy atom. The first kappa shape index (κ1) is 22.3. The summed E-state index contributed by atoms with van der Waals surface area (Å²) in [4.78, 5) is 20.2.